The van der Waals surface area contributed by atoms with Crippen LogP contribution in [0.3, 0.4) is 0 Å². The minimum atomic E-state index is 0.749. The minimum Gasteiger partial charge on any atom is -0.363 e. The van der Waals surface area contributed by atoms with Gasteiger partial charge in [0.1, 0.15) is 0 Å². The molecule has 0 bridgehead atoms. The van der Waals surface area contributed by atoms with Gasteiger partial charge >= 0.3 is 0 Å². The highest BCUT2D eigenvalue weighted by Crippen LogP contribution is 2.00. The van der Waals surface area contributed by atoms with Crippen molar-refractivity contribution < 1.29 is 0 Å². The Morgan fingerprint density at radius 1 is 1.60 bits per heavy atom. The average molecular weight is 226 g/mol. The molecule has 84 valence electrons. The predicted molar refractivity (Wildman–Crippen MR) is 65.6 cm³/mol. The van der Waals surface area contributed by atoms with Crippen LogP contribution in [0.2, 0.25) is 0 Å². The fourth-order valence-corrected chi connectivity index (χ4v) is 1.47. The summed E-state index contributed by atoms with van der Waals surface area (Å²) in [5.74, 6) is 0. The lowest BCUT2D eigenvalue weighted by Crippen LogP contribution is -2.36. The number of hydrogen-bond donors (Lipinski definition) is 1. The van der Waals surface area contributed by atoms with Crippen LogP contribution >= 0.6 is 12.2 Å². The molecule has 1 aromatic rings. The molecule has 4 nitrogen and oxygen atoms in total. The van der Waals surface area contributed by atoms with Crippen LogP contribution in [0.4, 0.5) is 0 Å². The van der Waals surface area contributed by atoms with Gasteiger partial charge in [0.15, 0.2) is 5.11 Å². The van der Waals surface area contributed by atoms with Crippen molar-refractivity contribution in [2.75, 3.05) is 13.6 Å². The van der Waals surface area contributed by atoms with Crippen LogP contribution in [0.25, 0.3) is 0 Å². The van der Waals surface area contributed by atoms with E-state index in [1.165, 1.54) is 0 Å². The molecular weight excluding hydrogens is 208 g/mol. The van der Waals surface area contributed by atoms with Crippen molar-refractivity contribution in [2.24, 2.45) is 0 Å². The normalized spacial score (nSPS) is 10.1. The zero-order valence-corrected chi connectivity index (χ0v) is 10.3. The number of rotatable bonds is 4. The Bertz CT molecular complexity index is 321. The van der Waals surface area contributed by atoms with E-state index in [4.69, 9.17) is 12.2 Å². The molecule has 0 aliphatic heterocycles. The number of nitrogens with zero attached hydrogens (tertiary/aromatic N) is 3. The zero-order chi connectivity index (χ0) is 11.3. The molecule has 0 aliphatic carbocycles. The molecule has 1 heterocycles. The molecule has 5 heteroatoms. The van der Waals surface area contributed by atoms with Crippen LogP contribution in [-0.4, -0.2) is 33.4 Å². The van der Waals surface area contributed by atoms with Gasteiger partial charge in [0.05, 0.1) is 12.2 Å². The highest BCUT2D eigenvalue weighted by atomic mass is 32.1. The second-order valence-electron chi connectivity index (χ2n) is 3.35. The lowest BCUT2D eigenvalue weighted by atomic mass is 10.4. The molecule has 1 N–H and O–H groups in total. The smallest absolute Gasteiger partial charge is 0.169 e. The van der Waals surface area contributed by atoms with Crippen LogP contribution in [0.5, 0.6) is 0 Å². The van der Waals surface area contributed by atoms with Gasteiger partial charge in [-0.15, -0.1) is 0 Å². The summed E-state index contributed by atoms with van der Waals surface area (Å²) < 4.78 is 1.92. The van der Waals surface area contributed by atoms with E-state index in [0.29, 0.717) is 0 Å². The molecule has 1 rings (SSSR count). The maximum Gasteiger partial charge on any atom is 0.169 e. The Kier molecular flexibility index (Phi) is 4.55. The summed E-state index contributed by atoms with van der Waals surface area (Å²) in [6.07, 6.45) is 1.99. The van der Waals surface area contributed by atoms with E-state index in [1.54, 1.807) is 0 Å². The van der Waals surface area contributed by atoms with E-state index in [0.717, 1.165) is 30.4 Å². The Hall–Kier alpha value is -1.10. The van der Waals surface area contributed by atoms with Gasteiger partial charge in [-0.2, -0.15) is 5.10 Å². The number of thiocarbonyl (C=S) groups is 1. The van der Waals surface area contributed by atoms with Crippen LogP contribution in [-0.2, 0) is 13.1 Å². The van der Waals surface area contributed by atoms with E-state index in [2.05, 4.69) is 17.3 Å². The van der Waals surface area contributed by atoms with Crippen molar-refractivity contribution >= 4 is 17.3 Å². The first kappa shape index (κ1) is 12.0. The first-order valence-electron chi connectivity index (χ1n) is 5.18. The second-order valence-corrected chi connectivity index (χ2v) is 3.74. The van der Waals surface area contributed by atoms with Crippen molar-refractivity contribution in [1.29, 1.82) is 0 Å². The lowest BCUT2D eigenvalue weighted by Gasteiger charge is -2.19. The van der Waals surface area contributed by atoms with Crippen LogP contribution in [0.15, 0.2) is 12.3 Å². The van der Waals surface area contributed by atoms with E-state index in [-0.39, 0.29) is 0 Å². The molecule has 0 saturated heterocycles. The largest absolute Gasteiger partial charge is 0.363 e. The number of nitrogens with one attached hydrogen (secondary N) is 1. The molecule has 0 unspecified atom stereocenters. The summed E-state index contributed by atoms with van der Waals surface area (Å²) in [6.45, 7) is 6.61. The number of hydrogen-bond acceptors (Lipinski definition) is 2. The third-order valence-electron chi connectivity index (χ3n) is 2.09. The Morgan fingerprint density at radius 3 is 2.87 bits per heavy atom. The third kappa shape index (κ3) is 3.51. The fraction of sp³-hybridized carbons (Fsp3) is 0.600. The van der Waals surface area contributed by atoms with Crippen LogP contribution < -0.4 is 5.32 Å². The van der Waals surface area contributed by atoms with Crippen molar-refractivity contribution in [3.8, 4) is 0 Å². The van der Waals surface area contributed by atoms with E-state index in [1.807, 2.05) is 35.8 Å². The van der Waals surface area contributed by atoms with Crippen molar-refractivity contribution in [3.63, 3.8) is 0 Å². The quantitative estimate of drug-likeness (QED) is 0.783. The van der Waals surface area contributed by atoms with Gasteiger partial charge in [-0.05, 0) is 32.1 Å². The second kappa shape index (κ2) is 5.70. The number of aromatic nitrogens is 2. The highest BCUT2D eigenvalue weighted by molar-refractivity contribution is 7.80. The highest BCUT2D eigenvalue weighted by Gasteiger charge is 2.05. The summed E-state index contributed by atoms with van der Waals surface area (Å²) in [5, 5.41) is 8.28. The van der Waals surface area contributed by atoms with Crippen LogP contribution in [0.1, 0.15) is 19.5 Å². The molecule has 0 aliphatic rings. The standard InChI is InChI=1S/C10H18N4S/c1-4-11-10(15)13(3)8-9-6-7-14(5-2)12-9/h6-7H,4-5,8H2,1-3H3,(H,11,15). The molecule has 0 spiro atoms. The first-order valence-corrected chi connectivity index (χ1v) is 5.59. The van der Waals surface area contributed by atoms with Gasteiger partial charge in [-0.1, -0.05) is 0 Å². The Labute approximate surface area is 96.3 Å². The third-order valence-corrected chi connectivity index (χ3v) is 2.55. The summed E-state index contributed by atoms with van der Waals surface area (Å²) >= 11 is 5.19. The molecule has 0 amide bonds. The minimum absolute atomic E-state index is 0.749. The molecule has 15 heavy (non-hydrogen) atoms. The zero-order valence-electron chi connectivity index (χ0n) is 9.53. The van der Waals surface area contributed by atoms with Crippen molar-refractivity contribution in [2.45, 2.75) is 26.9 Å². The summed E-state index contributed by atoms with van der Waals surface area (Å²) in [6, 6.07) is 2.02. The Morgan fingerprint density at radius 2 is 2.33 bits per heavy atom. The van der Waals surface area contributed by atoms with E-state index < -0.39 is 0 Å². The van der Waals surface area contributed by atoms with Gasteiger partial charge in [-0.25, -0.2) is 0 Å². The number of aryl methyl sites for hydroxylation is 1. The summed E-state index contributed by atoms with van der Waals surface area (Å²) in [7, 11) is 1.97. The topological polar surface area (TPSA) is 33.1 Å². The predicted octanol–water partition coefficient (Wildman–Crippen LogP) is 1.23. The van der Waals surface area contributed by atoms with E-state index in [9.17, 15) is 0 Å². The SMILES string of the molecule is CCNC(=S)N(C)Cc1ccn(CC)n1. The van der Waals surface area contributed by atoms with Gasteiger partial charge in [0.2, 0.25) is 0 Å². The molecular formula is C10H18N4S. The fourth-order valence-electron chi connectivity index (χ4n) is 1.27. The summed E-state index contributed by atoms with van der Waals surface area (Å²) in [5.41, 5.74) is 1.04. The average Bonchev–Trinajstić information content (AvgIpc) is 2.66. The molecule has 0 fully saturated rings. The molecule has 0 atom stereocenters. The van der Waals surface area contributed by atoms with Crippen molar-refractivity contribution in [1.82, 2.24) is 20.0 Å². The molecule has 0 aromatic carbocycles. The Balaban J connectivity index is 2.50. The van der Waals surface area contributed by atoms with Gasteiger partial charge in [-0.3, -0.25) is 4.68 Å². The van der Waals surface area contributed by atoms with Gasteiger partial charge < -0.3 is 10.2 Å². The van der Waals surface area contributed by atoms with Gasteiger partial charge in [0, 0.05) is 26.3 Å². The molecule has 0 radical (unpaired) electrons. The van der Waals surface area contributed by atoms with Gasteiger partial charge in [0.25, 0.3) is 0 Å². The molecule has 0 saturated carbocycles. The maximum atomic E-state index is 5.19. The van der Waals surface area contributed by atoms with Crippen LogP contribution in [0, 0.1) is 0 Å². The van der Waals surface area contributed by atoms with E-state index >= 15 is 0 Å². The first-order chi connectivity index (χ1) is 7.17. The monoisotopic (exact) mass is 226 g/mol. The lowest BCUT2D eigenvalue weighted by molar-refractivity contribution is 0.477. The molecule has 1 aromatic heterocycles. The van der Waals surface area contributed by atoms with Crippen molar-refractivity contribution in [3.05, 3.63) is 18.0 Å². The summed E-state index contributed by atoms with van der Waals surface area (Å²) in [4.78, 5) is 1.99. The maximum absolute atomic E-state index is 5.19.